The first-order chi connectivity index (χ1) is 17.8. The quantitative estimate of drug-likeness (QED) is 0.487. The van der Waals surface area contributed by atoms with Crippen LogP contribution in [0.4, 0.5) is 4.79 Å². The summed E-state index contributed by atoms with van der Waals surface area (Å²) in [5.74, 6) is 0.937. The summed E-state index contributed by atoms with van der Waals surface area (Å²) in [4.78, 5) is 25.7. The van der Waals surface area contributed by atoms with Gasteiger partial charge in [0.25, 0.3) is 5.91 Å². The van der Waals surface area contributed by atoms with Crippen molar-refractivity contribution in [2.75, 3.05) is 26.3 Å². The molecule has 210 valence electrons. The van der Waals surface area contributed by atoms with Gasteiger partial charge in [0.2, 0.25) is 0 Å². The molecule has 0 radical (unpaired) electrons. The molecule has 2 saturated heterocycles. The standard InChI is InChI=1S/C30H44N2O6/c1-20(2)8-7-11-29(6)23-17-30(12-14-32(15-13-30)27(34)38-28(3,4)5)19-36-26(23)22-10-9-21(16-24(22)37-29)35-18-25(31)33/h8-10,16,23,26H,7,11-15,17-19H2,1-6H3,(H2,31,33)/t23-,26+,29+/m0/s1. The predicted octanol–water partition coefficient (Wildman–Crippen LogP) is 5.54. The fourth-order valence-corrected chi connectivity index (χ4v) is 5.99. The number of benzene rings is 1. The van der Waals surface area contributed by atoms with Crippen LogP contribution in [-0.4, -0.2) is 54.4 Å². The Hall–Kier alpha value is -2.74. The minimum atomic E-state index is -0.520. The smallest absolute Gasteiger partial charge is 0.410 e. The number of rotatable bonds is 6. The fourth-order valence-electron chi connectivity index (χ4n) is 5.99. The molecule has 0 bridgehead atoms. The van der Waals surface area contributed by atoms with Crippen molar-refractivity contribution in [1.82, 2.24) is 4.90 Å². The van der Waals surface area contributed by atoms with E-state index in [4.69, 9.17) is 24.7 Å². The second kappa shape index (κ2) is 10.8. The minimum Gasteiger partial charge on any atom is -0.487 e. The highest BCUT2D eigenvalue weighted by Gasteiger charge is 2.54. The van der Waals surface area contributed by atoms with Gasteiger partial charge in [-0.2, -0.15) is 0 Å². The van der Waals surface area contributed by atoms with Crippen molar-refractivity contribution < 1.29 is 28.5 Å². The van der Waals surface area contributed by atoms with Crippen molar-refractivity contribution in [3.8, 4) is 11.5 Å². The van der Waals surface area contributed by atoms with E-state index in [9.17, 15) is 9.59 Å². The van der Waals surface area contributed by atoms with Crippen molar-refractivity contribution in [2.45, 2.75) is 91.0 Å². The Labute approximate surface area is 226 Å². The number of likely N-dealkylation sites (tertiary alicyclic amines) is 1. The van der Waals surface area contributed by atoms with Crippen molar-refractivity contribution in [1.29, 1.82) is 0 Å². The second-order valence-electron chi connectivity index (χ2n) is 12.7. The number of nitrogens with two attached hydrogens (primary N) is 1. The molecule has 2 fully saturated rings. The number of piperidine rings is 1. The van der Waals surface area contributed by atoms with Crippen LogP contribution in [0, 0.1) is 11.3 Å². The van der Waals surface area contributed by atoms with E-state index < -0.39 is 17.1 Å². The summed E-state index contributed by atoms with van der Waals surface area (Å²) in [6.45, 7) is 13.9. The number of nitrogens with zero attached hydrogens (tertiary/aromatic N) is 1. The average Bonchev–Trinajstić information content (AvgIpc) is 2.82. The lowest BCUT2D eigenvalue weighted by Gasteiger charge is -2.55. The van der Waals surface area contributed by atoms with Crippen LogP contribution in [0.1, 0.15) is 85.3 Å². The van der Waals surface area contributed by atoms with Gasteiger partial charge in [0.1, 0.15) is 22.7 Å². The Morgan fingerprint density at radius 2 is 1.92 bits per heavy atom. The first kappa shape index (κ1) is 28.3. The third-order valence-electron chi connectivity index (χ3n) is 8.06. The van der Waals surface area contributed by atoms with Crippen LogP contribution in [-0.2, 0) is 14.3 Å². The van der Waals surface area contributed by atoms with Gasteiger partial charge in [-0.3, -0.25) is 4.79 Å². The van der Waals surface area contributed by atoms with Crippen LogP contribution in [0.2, 0.25) is 0 Å². The molecule has 2 amide bonds. The molecule has 1 aromatic rings. The highest BCUT2D eigenvalue weighted by molar-refractivity contribution is 5.75. The van der Waals surface area contributed by atoms with E-state index in [2.05, 4.69) is 26.8 Å². The van der Waals surface area contributed by atoms with E-state index in [0.717, 1.165) is 43.4 Å². The number of carbonyl (C=O) groups is 2. The van der Waals surface area contributed by atoms with Gasteiger partial charge < -0.3 is 29.6 Å². The number of primary amides is 1. The molecule has 3 atom stereocenters. The van der Waals surface area contributed by atoms with Crippen molar-refractivity contribution >= 4 is 12.0 Å². The Morgan fingerprint density at radius 3 is 2.55 bits per heavy atom. The molecule has 1 spiro atoms. The third kappa shape index (κ3) is 6.45. The van der Waals surface area contributed by atoms with Crippen LogP contribution in [0.3, 0.4) is 0 Å². The number of allylic oxidation sites excluding steroid dienone is 2. The predicted molar refractivity (Wildman–Crippen MR) is 145 cm³/mol. The van der Waals surface area contributed by atoms with Crippen LogP contribution in [0.25, 0.3) is 0 Å². The van der Waals surface area contributed by atoms with Crippen LogP contribution < -0.4 is 15.2 Å². The minimum absolute atomic E-state index is 0.00283. The zero-order valence-electron chi connectivity index (χ0n) is 23.8. The summed E-state index contributed by atoms with van der Waals surface area (Å²) in [7, 11) is 0. The largest absolute Gasteiger partial charge is 0.487 e. The van der Waals surface area contributed by atoms with Crippen molar-refractivity contribution in [2.24, 2.45) is 17.1 Å². The van der Waals surface area contributed by atoms with E-state index in [0.29, 0.717) is 25.4 Å². The van der Waals surface area contributed by atoms with Crippen LogP contribution in [0.5, 0.6) is 11.5 Å². The normalized spacial score (nSPS) is 26.0. The van der Waals surface area contributed by atoms with Gasteiger partial charge in [-0.15, -0.1) is 0 Å². The van der Waals surface area contributed by atoms with E-state index in [-0.39, 0.29) is 30.1 Å². The number of fused-ring (bicyclic) bond motifs is 3. The molecule has 8 heteroatoms. The maximum absolute atomic E-state index is 12.6. The zero-order valence-corrected chi connectivity index (χ0v) is 23.8. The highest BCUT2D eigenvalue weighted by atomic mass is 16.6. The fraction of sp³-hybridized carbons (Fsp3) is 0.667. The summed E-state index contributed by atoms with van der Waals surface area (Å²) in [6.07, 6.45) is 6.43. The Morgan fingerprint density at radius 1 is 1.21 bits per heavy atom. The monoisotopic (exact) mass is 528 g/mol. The van der Waals surface area contributed by atoms with Gasteiger partial charge in [-0.05, 0) is 91.2 Å². The molecule has 0 aliphatic carbocycles. The molecule has 3 heterocycles. The van der Waals surface area contributed by atoms with E-state index in [1.807, 2.05) is 43.9 Å². The maximum atomic E-state index is 12.6. The van der Waals surface area contributed by atoms with Gasteiger partial charge in [0.15, 0.2) is 6.61 Å². The molecular weight excluding hydrogens is 484 g/mol. The third-order valence-corrected chi connectivity index (χ3v) is 8.06. The Bertz CT molecular complexity index is 1060. The summed E-state index contributed by atoms with van der Waals surface area (Å²) in [6, 6.07) is 5.68. The highest BCUT2D eigenvalue weighted by Crippen LogP contribution is 2.57. The van der Waals surface area contributed by atoms with Crippen LogP contribution in [0.15, 0.2) is 29.8 Å². The maximum Gasteiger partial charge on any atom is 0.410 e. The molecule has 1 aromatic carbocycles. The number of amides is 2. The summed E-state index contributed by atoms with van der Waals surface area (Å²) in [5.41, 5.74) is 6.62. The SMILES string of the molecule is CC(C)=CCC[C@@]1(C)Oc2cc(OCC(N)=O)ccc2[C@H]2OCC3(CCN(C(=O)OC(C)(C)C)CC3)C[C@@H]21. The first-order valence-electron chi connectivity index (χ1n) is 13.8. The van der Waals surface area contributed by atoms with Crippen molar-refractivity contribution in [3.05, 3.63) is 35.4 Å². The van der Waals surface area contributed by atoms with Gasteiger partial charge in [-0.25, -0.2) is 4.79 Å². The molecular formula is C30H44N2O6. The first-order valence-corrected chi connectivity index (χ1v) is 13.8. The topological polar surface area (TPSA) is 100 Å². The lowest BCUT2D eigenvalue weighted by Crippen LogP contribution is -2.56. The number of hydrogen-bond acceptors (Lipinski definition) is 6. The summed E-state index contributed by atoms with van der Waals surface area (Å²) in [5, 5.41) is 0. The van der Waals surface area contributed by atoms with E-state index in [1.54, 1.807) is 0 Å². The van der Waals surface area contributed by atoms with Gasteiger partial charge in [0, 0.05) is 30.6 Å². The molecule has 3 aliphatic rings. The summed E-state index contributed by atoms with van der Waals surface area (Å²) >= 11 is 0. The van der Waals surface area contributed by atoms with E-state index in [1.165, 1.54) is 5.57 Å². The number of ether oxygens (including phenoxy) is 4. The molecule has 38 heavy (non-hydrogen) atoms. The Kier molecular flexibility index (Phi) is 8.03. The molecule has 0 unspecified atom stereocenters. The summed E-state index contributed by atoms with van der Waals surface area (Å²) < 4.78 is 24.6. The lowest BCUT2D eigenvalue weighted by molar-refractivity contribution is -0.179. The van der Waals surface area contributed by atoms with Gasteiger partial charge in [-0.1, -0.05) is 11.6 Å². The molecule has 0 aromatic heterocycles. The molecule has 2 N–H and O–H groups in total. The lowest BCUT2D eigenvalue weighted by atomic mass is 9.63. The molecule has 3 aliphatic heterocycles. The van der Waals surface area contributed by atoms with Gasteiger partial charge >= 0.3 is 6.09 Å². The number of carbonyl (C=O) groups excluding carboxylic acids is 2. The Balaban J connectivity index is 1.55. The van der Waals surface area contributed by atoms with Gasteiger partial charge in [0.05, 0.1) is 12.7 Å². The molecule has 8 nitrogen and oxygen atoms in total. The molecule has 0 saturated carbocycles. The van der Waals surface area contributed by atoms with Crippen molar-refractivity contribution in [3.63, 3.8) is 0 Å². The average molecular weight is 529 g/mol. The zero-order chi connectivity index (χ0) is 27.7. The number of hydrogen-bond donors (Lipinski definition) is 1. The van der Waals surface area contributed by atoms with Crippen LogP contribution >= 0.6 is 0 Å². The second-order valence-corrected chi connectivity index (χ2v) is 12.7. The van der Waals surface area contributed by atoms with E-state index >= 15 is 0 Å². The molecule has 4 rings (SSSR count).